The molecule has 0 amide bonds. The summed E-state index contributed by atoms with van der Waals surface area (Å²) in [6, 6.07) is 12.5. The van der Waals surface area contributed by atoms with Crippen molar-refractivity contribution in [3.05, 3.63) is 53.7 Å². The van der Waals surface area contributed by atoms with Gasteiger partial charge in [-0.1, -0.05) is 56.8 Å². The standard InChI is InChI=1S/C17H20N4S/c1-17(2,3)13-6-4-12(5-7-13)11-22-16-20-19-15-9-8-14(18)10-21(15)16/h4-10H,11,18H2,1-3H3. The van der Waals surface area contributed by atoms with Crippen molar-refractivity contribution in [1.29, 1.82) is 0 Å². The number of nitrogens with two attached hydrogens (primary N) is 1. The SMILES string of the molecule is CC(C)(C)c1ccc(CSc2nnc3ccc(N)cn23)cc1. The average molecular weight is 312 g/mol. The van der Waals surface area contributed by atoms with Gasteiger partial charge in [0.25, 0.3) is 0 Å². The first-order valence-electron chi connectivity index (χ1n) is 7.26. The molecule has 2 N–H and O–H groups in total. The van der Waals surface area contributed by atoms with E-state index in [4.69, 9.17) is 5.73 Å². The molecule has 22 heavy (non-hydrogen) atoms. The maximum atomic E-state index is 5.83. The number of rotatable bonds is 3. The van der Waals surface area contributed by atoms with E-state index in [1.165, 1.54) is 11.1 Å². The van der Waals surface area contributed by atoms with Gasteiger partial charge in [-0.3, -0.25) is 4.40 Å². The van der Waals surface area contributed by atoms with Gasteiger partial charge < -0.3 is 5.73 Å². The van der Waals surface area contributed by atoms with Crippen molar-refractivity contribution in [2.45, 2.75) is 37.1 Å². The molecule has 0 saturated heterocycles. The van der Waals surface area contributed by atoms with Crippen molar-refractivity contribution in [3.63, 3.8) is 0 Å². The van der Waals surface area contributed by atoms with Gasteiger partial charge >= 0.3 is 0 Å². The fourth-order valence-electron chi connectivity index (χ4n) is 2.23. The highest BCUT2D eigenvalue weighted by atomic mass is 32.2. The molecule has 0 aliphatic carbocycles. The van der Waals surface area contributed by atoms with Gasteiger partial charge in [-0.05, 0) is 28.7 Å². The summed E-state index contributed by atoms with van der Waals surface area (Å²) >= 11 is 1.67. The predicted octanol–water partition coefficient (Wildman–Crippen LogP) is 3.90. The third kappa shape index (κ3) is 3.09. The molecule has 0 bridgehead atoms. The van der Waals surface area contributed by atoms with Crippen molar-refractivity contribution in [2.75, 3.05) is 5.73 Å². The Labute approximate surface area is 134 Å². The maximum Gasteiger partial charge on any atom is 0.195 e. The Morgan fingerprint density at radius 2 is 1.77 bits per heavy atom. The van der Waals surface area contributed by atoms with E-state index in [0.29, 0.717) is 5.69 Å². The van der Waals surface area contributed by atoms with Crippen LogP contribution in [0.4, 0.5) is 5.69 Å². The number of benzene rings is 1. The minimum absolute atomic E-state index is 0.187. The van der Waals surface area contributed by atoms with Gasteiger partial charge in [0.1, 0.15) is 0 Å². The number of nitrogens with zero attached hydrogens (tertiary/aromatic N) is 3. The Balaban J connectivity index is 1.75. The molecule has 3 aromatic rings. The van der Waals surface area contributed by atoms with Crippen LogP contribution in [0.1, 0.15) is 31.9 Å². The molecule has 5 heteroatoms. The number of thioether (sulfide) groups is 1. The van der Waals surface area contributed by atoms with Crippen LogP contribution in [0.3, 0.4) is 0 Å². The lowest BCUT2D eigenvalue weighted by Gasteiger charge is -2.19. The zero-order chi connectivity index (χ0) is 15.7. The van der Waals surface area contributed by atoms with Gasteiger partial charge in [0.05, 0.1) is 0 Å². The Hall–Kier alpha value is -2.01. The molecule has 2 aromatic heterocycles. The molecule has 0 atom stereocenters. The lowest BCUT2D eigenvalue weighted by Crippen LogP contribution is -2.10. The van der Waals surface area contributed by atoms with E-state index < -0.39 is 0 Å². The number of hydrogen-bond donors (Lipinski definition) is 1. The highest BCUT2D eigenvalue weighted by Gasteiger charge is 2.13. The highest BCUT2D eigenvalue weighted by molar-refractivity contribution is 7.98. The van der Waals surface area contributed by atoms with Crippen molar-refractivity contribution in [3.8, 4) is 0 Å². The van der Waals surface area contributed by atoms with E-state index in [9.17, 15) is 0 Å². The normalized spacial score (nSPS) is 12.0. The maximum absolute atomic E-state index is 5.83. The average Bonchev–Trinajstić information content (AvgIpc) is 2.87. The first-order chi connectivity index (χ1) is 10.4. The van der Waals surface area contributed by atoms with Crippen LogP contribution in [0.25, 0.3) is 5.65 Å². The van der Waals surface area contributed by atoms with Crippen LogP contribution in [0, 0.1) is 0 Å². The molecule has 0 aliphatic heterocycles. The van der Waals surface area contributed by atoms with Gasteiger partial charge in [-0.2, -0.15) is 0 Å². The first-order valence-corrected chi connectivity index (χ1v) is 8.24. The number of pyridine rings is 1. The number of hydrogen-bond acceptors (Lipinski definition) is 4. The summed E-state index contributed by atoms with van der Waals surface area (Å²) in [6.07, 6.45) is 1.86. The zero-order valence-electron chi connectivity index (χ0n) is 13.1. The molecule has 3 rings (SSSR count). The van der Waals surface area contributed by atoms with Crippen LogP contribution in [-0.2, 0) is 11.2 Å². The van der Waals surface area contributed by atoms with E-state index in [2.05, 4.69) is 55.2 Å². The van der Waals surface area contributed by atoms with Gasteiger partial charge in [0, 0.05) is 17.6 Å². The number of nitrogen functional groups attached to an aromatic ring is 1. The lowest BCUT2D eigenvalue weighted by molar-refractivity contribution is 0.590. The Bertz CT molecular complexity index is 785. The van der Waals surface area contributed by atoms with Crippen molar-refractivity contribution >= 4 is 23.1 Å². The van der Waals surface area contributed by atoms with E-state index in [0.717, 1.165) is 16.6 Å². The largest absolute Gasteiger partial charge is 0.398 e. The lowest BCUT2D eigenvalue weighted by atomic mass is 9.87. The smallest absolute Gasteiger partial charge is 0.195 e. The molecule has 0 spiro atoms. The molecule has 4 nitrogen and oxygen atoms in total. The summed E-state index contributed by atoms with van der Waals surface area (Å²) < 4.78 is 1.93. The van der Waals surface area contributed by atoms with E-state index in [1.54, 1.807) is 11.8 Å². The molecule has 114 valence electrons. The fraction of sp³-hybridized carbons (Fsp3) is 0.294. The second-order valence-corrected chi connectivity index (χ2v) is 7.35. The predicted molar refractivity (Wildman–Crippen MR) is 92.1 cm³/mol. The van der Waals surface area contributed by atoms with E-state index in [1.807, 2.05) is 22.7 Å². The second kappa shape index (κ2) is 5.65. The molecular formula is C17H20N4S. The summed E-state index contributed by atoms with van der Waals surface area (Å²) in [4.78, 5) is 0. The molecule has 0 aliphatic rings. The third-order valence-corrected chi connectivity index (χ3v) is 4.60. The minimum atomic E-state index is 0.187. The number of fused-ring (bicyclic) bond motifs is 1. The Morgan fingerprint density at radius 3 is 2.45 bits per heavy atom. The summed E-state index contributed by atoms with van der Waals surface area (Å²) in [6.45, 7) is 6.68. The quantitative estimate of drug-likeness (QED) is 0.745. The fourth-order valence-corrected chi connectivity index (χ4v) is 3.11. The van der Waals surface area contributed by atoms with Gasteiger partial charge in [0.2, 0.25) is 0 Å². The monoisotopic (exact) mass is 312 g/mol. The van der Waals surface area contributed by atoms with Gasteiger partial charge in [-0.15, -0.1) is 10.2 Å². The van der Waals surface area contributed by atoms with Gasteiger partial charge in [-0.25, -0.2) is 0 Å². The summed E-state index contributed by atoms with van der Waals surface area (Å²) in [5, 5.41) is 9.25. The summed E-state index contributed by atoms with van der Waals surface area (Å²) in [5.41, 5.74) is 10.2. The van der Waals surface area contributed by atoms with Crippen molar-refractivity contribution < 1.29 is 0 Å². The molecule has 0 unspecified atom stereocenters. The minimum Gasteiger partial charge on any atom is -0.398 e. The topological polar surface area (TPSA) is 56.2 Å². The molecule has 2 heterocycles. The van der Waals surface area contributed by atoms with Crippen LogP contribution < -0.4 is 5.73 Å². The van der Waals surface area contributed by atoms with Crippen molar-refractivity contribution in [2.24, 2.45) is 0 Å². The first kappa shape index (κ1) is 14.9. The Morgan fingerprint density at radius 1 is 1.05 bits per heavy atom. The van der Waals surface area contributed by atoms with Crippen LogP contribution in [0.5, 0.6) is 0 Å². The molecule has 0 fully saturated rings. The zero-order valence-corrected chi connectivity index (χ0v) is 13.9. The number of aromatic nitrogens is 3. The van der Waals surface area contributed by atoms with Crippen molar-refractivity contribution in [1.82, 2.24) is 14.6 Å². The molecule has 1 aromatic carbocycles. The number of anilines is 1. The van der Waals surface area contributed by atoms with Crippen LogP contribution in [0.15, 0.2) is 47.8 Å². The third-order valence-electron chi connectivity index (χ3n) is 3.58. The summed E-state index contributed by atoms with van der Waals surface area (Å²) in [7, 11) is 0. The van der Waals surface area contributed by atoms with E-state index >= 15 is 0 Å². The van der Waals surface area contributed by atoms with Crippen LogP contribution in [-0.4, -0.2) is 14.6 Å². The second-order valence-electron chi connectivity index (χ2n) is 6.41. The molecule has 0 radical (unpaired) electrons. The molecule has 0 saturated carbocycles. The van der Waals surface area contributed by atoms with Gasteiger partial charge in [0.15, 0.2) is 10.8 Å². The Kier molecular flexibility index (Phi) is 3.83. The van der Waals surface area contributed by atoms with Crippen LogP contribution in [0.2, 0.25) is 0 Å². The highest BCUT2D eigenvalue weighted by Crippen LogP contribution is 2.25. The van der Waals surface area contributed by atoms with Crippen LogP contribution >= 0.6 is 11.8 Å². The van der Waals surface area contributed by atoms with E-state index in [-0.39, 0.29) is 5.41 Å². The molecular weight excluding hydrogens is 292 g/mol. The summed E-state index contributed by atoms with van der Waals surface area (Å²) in [5.74, 6) is 0.861.